The quantitative estimate of drug-likeness (QED) is 0.157. The number of benzene rings is 4. The van der Waals surface area contributed by atoms with Crippen LogP contribution in [0.15, 0.2) is 92.4 Å². The van der Waals surface area contributed by atoms with E-state index in [1.807, 2.05) is 12.1 Å². The van der Waals surface area contributed by atoms with Crippen molar-refractivity contribution in [2.24, 2.45) is 0 Å². The van der Waals surface area contributed by atoms with Crippen LogP contribution < -0.4 is 59.1 Å². The SMILES string of the molecule is O=S([O-])c1cc(Cl)ccc1-c1ccc(Cl)c(SSSc2cc(-c3ccc(Cl)cc3S(=O)[O-])ccc2Cl)c1.[Na+].[Na+]. The summed E-state index contributed by atoms with van der Waals surface area (Å²) < 4.78 is 46.9. The summed E-state index contributed by atoms with van der Waals surface area (Å²) in [6, 6.07) is 19.9. The molecule has 0 fully saturated rings. The first kappa shape index (κ1) is 36.5. The van der Waals surface area contributed by atoms with Crippen LogP contribution in [0.5, 0.6) is 0 Å². The van der Waals surface area contributed by atoms with E-state index in [2.05, 4.69) is 0 Å². The van der Waals surface area contributed by atoms with E-state index in [0.29, 0.717) is 42.3 Å². The van der Waals surface area contributed by atoms with Crippen LogP contribution in [0.3, 0.4) is 0 Å². The molecule has 0 spiro atoms. The number of halogens is 4. The smallest absolute Gasteiger partial charge is 0.768 e. The van der Waals surface area contributed by atoms with Gasteiger partial charge in [-0.15, -0.1) is 0 Å². The van der Waals surface area contributed by atoms with E-state index in [0.717, 1.165) is 9.79 Å². The molecule has 4 aromatic carbocycles. The zero-order valence-corrected chi connectivity index (χ0v) is 31.2. The molecule has 4 rings (SSSR count). The molecule has 0 radical (unpaired) electrons. The fourth-order valence-electron chi connectivity index (χ4n) is 3.30. The van der Waals surface area contributed by atoms with Crippen molar-refractivity contribution in [3.05, 3.63) is 92.9 Å². The Kier molecular flexibility index (Phi) is 15.9. The van der Waals surface area contributed by atoms with Crippen molar-refractivity contribution in [3.63, 3.8) is 0 Å². The summed E-state index contributed by atoms with van der Waals surface area (Å²) in [6.45, 7) is 0. The fraction of sp³-hybridized carbons (Fsp3) is 0. The Hall–Kier alpha value is 1.31. The molecular formula is C24H12Cl4Na2O4S5. The minimum absolute atomic E-state index is 0. The van der Waals surface area contributed by atoms with E-state index in [1.165, 1.54) is 43.5 Å². The van der Waals surface area contributed by atoms with Gasteiger partial charge in [-0.05, 0) is 124 Å². The number of hydrogen-bond donors (Lipinski definition) is 0. The molecule has 15 heteroatoms. The zero-order valence-electron chi connectivity index (χ0n) is 20.1. The average Bonchev–Trinajstić information content (AvgIpc) is 2.86. The predicted octanol–water partition coefficient (Wildman–Crippen LogP) is 3.57. The Labute approximate surface area is 307 Å². The largest absolute Gasteiger partial charge is 1.00 e. The van der Waals surface area contributed by atoms with E-state index in [9.17, 15) is 17.5 Å². The van der Waals surface area contributed by atoms with Crippen LogP contribution in [0.25, 0.3) is 22.3 Å². The molecular weight excluding hydrogens is 700 g/mol. The summed E-state index contributed by atoms with van der Waals surface area (Å²) in [7, 11) is 4.16. The van der Waals surface area contributed by atoms with Gasteiger partial charge in [-0.1, -0.05) is 70.7 Å². The molecule has 0 saturated carbocycles. The minimum atomic E-state index is -2.46. The Morgan fingerprint density at radius 3 is 1.31 bits per heavy atom. The van der Waals surface area contributed by atoms with Crippen molar-refractivity contribution >= 4 is 100.0 Å². The molecule has 0 aliphatic heterocycles. The van der Waals surface area contributed by atoms with Gasteiger partial charge in [-0.25, -0.2) is 0 Å². The van der Waals surface area contributed by atoms with Crippen LogP contribution in [0.1, 0.15) is 0 Å². The number of rotatable bonds is 8. The van der Waals surface area contributed by atoms with Crippen molar-refractivity contribution in [1.82, 2.24) is 0 Å². The first-order valence-electron chi connectivity index (χ1n) is 10.0. The summed E-state index contributed by atoms with van der Waals surface area (Å²) >= 11 is 19.8. The predicted molar refractivity (Wildman–Crippen MR) is 157 cm³/mol. The molecule has 4 nitrogen and oxygen atoms in total. The van der Waals surface area contributed by atoms with Gasteiger partial charge in [0.1, 0.15) is 0 Å². The molecule has 0 aromatic heterocycles. The Bertz CT molecular complexity index is 1430. The van der Waals surface area contributed by atoms with Crippen LogP contribution >= 0.6 is 77.8 Å². The van der Waals surface area contributed by atoms with Crippen LogP contribution in [0.2, 0.25) is 20.1 Å². The van der Waals surface area contributed by atoms with Crippen molar-refractivity contribution in [2.75, 3.05) is 0 Å². The maximum Gasteiger partial charge on any atom is 1.00 e. The first-order valence-corrected chi connectivity index (χ1v) is 17.2. The Balaban J connectivity index is 0.00000267. The van der Waals surface area contributed by atoms with Crippen molar-refractivity contribution in [2.45, 2.75) is 19.6 Å². The third kappa shape index (κ3) is 9.65. The zero-order chi connectivity index (χ0) is 26.7. The molecule has 192 valence electrons. The molecule has 0 amide bonds. The van der Waals surface area contributed by atoms with Crippen LogP contribution in [0, 0.1) is 0 Å². The standard InChI is InChI=1S/C24H14Cl4O4S5.2Na/c25-15-3-5-17(23(11-15)36(29)30)13-1-7-19(27)21(9-13)33-35-34-22-10-14(2-8-20(22)28)18-6-4-16(26)12-24(18)37(31)32;;/h1-12H,(H,29,30)(H,31,32);;/q;2*+1/p-2. The molecule has 0 N–H and O–H groups in total. The summed E-state index contributed by atoms with van der Waals surface area (Å²) in [5.74, 6) is 0. The third-order valence-electron chi connectivity index (χ3n) is 4.98. The van der Waals surface area contributed by atoms with Gasteiger partial charge in [0.2, 0.25) is 0 Å². The van der Waals surface area contributed by atoms with Crippen LogP contribution in [-0.2, 0) is 22.2 Å². The first-order chi connectivity index (χ1) is 17.6. The molecule has 2 unspecified atom stereocenters. The Morgan fingerprint density at radius 1 is 0.564 bits per heavy atom. The fourth-order valence-corrected chi connectivity index (χ4v) is 9.52. The van der Waals surface area contributed by atoms with E-state index < -0.39 is 22.2 Å². The topological polar surface area (TPSA) is 80.3 Å². The molecule has 39 heavy (non-hydrogen) atoms. The second kappa shape index (κ2) is 17.0. The van der Waals surface area contributed by atoms with Gasteiger partial charge in [-0.3, -0.25) is 8.42 Å². The monoisotopic (exact) mass is 710 g/mol. The van der Waals surface area contributed by atoms with E-state index in [1.54, 1.807) is 48.5 Å². The normalized spacial score (nSPS) is 12.3. The van der Waals surface area contributed by atoms with Gasteiger partial charge in [0.15, 0.2) is 0 Å². The molecule has 0 heterocycles. The van der Waals surface area contributed by atoms with Gasteiger partial charge in [0, 0.05) is 29.6 Å². The average molecular weight is 712 g/mol. The second-order valence-electron chi connectivity index (χ2n) is 7.28. The molecule has 0 saturated heterocycles. The molecule has 2 atom stereocenters. The third-order valence-corrected chi connectivity index (χ3v) is 11.6. The molecule has 4 aromatic rings. The van der Waals surface area contributed by atoms with Gasteiger partial charge in [-0.2, -0.15) is 0 Å². The summed E-state index contributed by atoms with van der Waals surface area (Å²) in [4.78, 5) is 1.64. The van der Waals surface area contributed by atoms with Crippen LogP contribution in [-0.4, -0.2) is 17.5 Å². The molecule has 0 bridgehead atoms. The summed E-state index contributed by atoms with van der Waals surface area (Å²) in [5.41, 5.74) is 2.38. The van der Waals surface area contributed by atoms with Crippen molar-refractivity contribution in [3.8, 4) is 22.3 Å². The summed E-state index contributed by atoms with van der Waals surface area (Å²) in [6.07, 6.45) is 0. The van der Waals surface area contributed by atoms with Crippen molar-refractivity contribution in [1.29, 1.82) is 0 Å². The van der Waals surface area contributed by atoms with Crippen molar-refractivity contribution < 1.29 is 76.6 Å². The molecule has 0 aliphatic rings. The van der Waals surface area contributed by atoms with Gasteiger partial charge < -0.3 is 9.11 Å². The summed E-state index contributed by atoms with van der Waals surface area (Å²) in [5, 5.41) is 1.66. The maximum atomic E-state index is 11.7. The van der Waals surface area contributed by atoms with Gasteiger partial charge >= 0.3 is 59.1 Å². The van der Waals surface area contributed by atoms with E-state index >= 15 is 0 Å². The molecule has 0 aliphatic carbocycles. The van der Waals surface area contributed by atoms with Gasteiger partial charge in [0.25, 0.3) is 0 Å². The Morgan fingerprint density at radius 2 is 0.949 bits per heavy atom. The van der Waals surface area contributed by atoms with E-state index in [-0.39, 0.29) is 68.9 Å². The minimum Gasteiger partial charge on any atom is -0.768 e. The number of hydrogen-bond acceptors (Lipinski definition) is 7. The van der Waals surface area contributed by atoms with E-state index in [4.69, 9.17) is 46.4 Å². The van der Waals surface area contributed by atoms with Crippen LogP contribution in [0.4, 0.5) is 0 Å². The second-order valence-corrected chi connectivity index (χ2v) is 14.8. The van der Waals surface area contributed by atoms with Gasteiger partial charge in [0.05, 0.1) is 10.0 Å². The maximum absolute atomic E-state index is 11.7.